The summed E-state index contributed by atoms with van der Waals surface area (Å²) in [5.74, 6) is 0. The zero-order valence-electron chi connectivity index (χ0n) is 12.9. The van der Waals surface area contributed by atoms with Crippen LogP contribution in [0.1, 0.15) is 44.2 Å². The molecule has 1 aromatic rings. The van der Waals surface area contributed by atoms with E-state index in [1.165, 1.54) is 45.2 Å². The molecule has 1 heterocycles. The number of fused-ring (bicyclic) bond motifs is 1. The number of benzene rings is 1. The zero-order valence-corrected chi connectivity index (χ0v) is 12.9. The molecule has 20 heavy (non-hydrogen) atoms. The molecule has 1 aliphatic carbocycles. The van der Waals surface area contributed by atoms with E-state index in [2.05, 4.69) is 48.3 Å². The summed E-state index contributed by atoms with van der Waals surface area (Å²) in [5, 5.41) is 3.66. The van der Waals surface area contributed by atoms with Crippen LogP contribution in [0, 0.1) is 0 Å². The van der Waals surface area contributed by atoms with E-state index in [1.807, 2.05) is 0 Å². The Morgan fingerprint density at radius 1 is 1.20 bits per heavy atom. The van der Waals surface area contributed by atoms with Crippen LogP contribution in [-0.2, 0) is 12.8 Å². The van der Waals surface area contributed by atoms with Crippen LogP contribution < -0.4 is 5.32 Å². The summed E-state index contributed by atoms with van der Waals surface area (Å²) in [4.78, 5) is 2.75. The Morgan fingerprint density at radius 3 is 2.70 bits per heavy atom. The summed E-state index contributed by atoms with van der Waals surface area (Å²) in [6.45, 7) is 7.15. The molecule has 2 heteroatoms. The monoisotopic (exact) mass is 272 g/mol. The lowest BCUT2D eigenvalue weighted by Crippen LogP contribution is -2.48. The number of hydrogen-bond acceptors (Lipinski definition) is 2. The Bertz CT molecular complexity index is 435. The summed E-state index contributed by atoms with van der Waals surface area (Å²) in [6.07, 6.45) is 6.52. The summed E-state index contributed by atoms with van der Waals surface area (Å²) < 4.78 is 0. The molecule has 2 atom stereocenters. The van der Waals surface area contributed by atoms with Gasteiger partial charge in [0, 0.05) is 24.7 Å². The van der Waals surface area contributed by atoms with Crippen LogP contribution in [0.15, 0.2) is 24.3 Å². The number of nitrogens with zero attached hydrogens (tertiary/aromatic N) is 1. The highest BCUT2D eigenvalue weighted by molar-refractivity contribution is 5.30. The van der Waals surface area contributed by atoms with Crippen molar-refractivity contribution in [3.63, 3.8) is 0 Å². The second kappa shape index (κ2) is 6.28. The first kappa shape index (κ1) is 14.1. The predicted molar refractivity (Wildman–Crippen MR) is 85.1 cm³/mol. The van der Waals surface area contributed by atoms with Crippen molar-refractivity contribution in [2.45, 2.75) is 64.1 Å². The average Bonchev–Trinajstić information content (AvgIpc) is 2.97. The van der Waals surface area contributed by atoms with Gasteiger partial charge < -0.3 is 5.32 Å². The molecule has 2 aliphatic rings. The maximum atomic E-state index is 3.66. The predicted octanol–water partition coefficient (Wildman–Crippen LogP) is 3.01. The minimum atomic E-state index is 0.646. The lowest BCUT2D eigenvalue weighted by atomic mass is 9.87. The Balaban J connectivity index is 1.69. The van der Waals surface area contributed by atoms with Crippen molar-refractivity contribution in [3.05, 3.63) is 35.4 Å². The first-order valence-electron chi connectivity index (χ1n) is 8.30. The van der Waals surface area contributed by atoms with Crippen molar-refractivity contribution in [1.29, 1.82) is 0 Å². The quantitative estimate of drug-likeness (QED) is 0.906. The molecule has 0 aromatic heterocycles. The van der Waals surface area contributed by atoms with Crippen LogP contribution in [0.2, 0.25) is 0 Å². The number of nitrogens with one attached hydrogen (secondary N) is 1. The third-order valence-electron chi connectivity index (χ3n) is 5.05. The molecular formula is C18H28N2. The molecule has 2 unspecified atom stereocenters. The van der Waals surface area contributed by atoms with E-state index in [4.69, 9.17) is 0 Å². The molecule has 1 N–H and O–H groups in total. The molecule has 1 saturated heterocycles. The van der Waals surface area contributed by atoms with E-state index in [0.717, 1.165) is 12.1 Å². The van der Waals surface area contributed by atoms with Crippen molar-refractivity contribution in [2.75, 3.05) is 13.1 Å². The second-order valence-corrected chi connectivity index (χ2v) is 6.75. The van der Waals surface area contributed by atoms with Crippen LogP contribution in [0.4, 0.5) is 0 Å². The van der Waals surface area contributed by atoms with E-state index < -0.39 is 0 Å². The molecule has 0 radical (unpaired) electrons. The fourth-order valence-corrected chi connectivity index (χ4v) is 3.91. The molecular weight excluding hydrogens is 244 g/mol. The Morgan fingerprint density at radius 2 is 2.00 bits per heavy atom. The van der Waals surface area contributed by atoms with Crippen molar-refractivity contribution in [1.82, 2.24) is 10.2 Å². The van der Waals surface area contributed by atoms with Crippen molar-refractivity contribution in [3.8, 4) is 0 Å². The van der Waals surface area contributed by atoms with Gasteiger partial charge in [0.25, 0.3) is 0 Å². The maximum absolute atomic E-state index is 3.66. The van der Waals surface area contributed by atoms with E-state index in [1.54, 1.807) is 11.1 Å². The van der Waals surface area contributed by atoms with Gasteiger partial charge in [-0.3, -0.25) is 4.90 Å². The summed E-state index contributed by atoms with van der Waals surface area (Å²) in [7, 11) is 0. The summed E-state index contributed by atoms with van der Waals surface area (Å²) in [6, 6.07) is 11.1. The minimum absolute atomic E-state index is 0.646. The molecule has 0 spiro atoms. The van der Waals surface area contributed by atoms with Gasteiger partial charge in [-0.1, -0.05) is 24.3 Å². The Labute approximate surface area is 123 Å². The van der Waals surface area contributed by atoms with E-state index in [0.29, 0.717) is 6.04 Å². The minimum Gasteiger partial charge on any atom is -0.313 e. The van der Waals surface area contributed by atoms with Gasteiger partial charge in [0.1, 0.15) is 0 Å². The molecule has 1 aromatic carbocycles. The van der Waals surface area contributed by atoms with Gasteiger partial charge in [0.15, 0.2) is 0 Å². The molecule has 1 aliphatic heterocycles. The maximum Gasteiger partial charge on any atom is 0.0195 e. The Kier molecular flexibility index (Phi) is 4.42. The van der Waals surface area contributed by atoms with Crippen LogP contribution in [0.25, 0.3) is 0 Å². The number of hydrogen-bond donors (Lipinski definition) is 1. The molecule has 3 rings (SSSR count). The van der Waals surface area contributed by atoms with Crippen LogP contribution in [0.5, 0.6) is 0 Å². The van der Waals surface area contributed by atoms with Crippen LogP contribution >= 0.6 is 0 Å². The van der Waals surface area contributed by atoms with E-state index >= 15 is 0 Å². The largest absolute Gasteiger partial charge is 0.313 e. The SMILES string of the molecule is CC(C)N(CC1CCCN1)C1CCc2ccccc2C1. The van der Waals surface area contributed by atoms with Gasteiger partial charge in [-0.05, 0) is 63.6 Å². The fraction of sp³-hybridized carbons (Fsp3) is 0.667. The van der Waals surface area contributed by atoms with E-state index in [9.17, 15) is 0 Å². The zero-order chi connectivity index (χ0) is 13.9. The molecule has 0 saturated carbocycles. The number of rotatable bonds is 4. The second-order valence-electron chi connectivity index (χ2n) is 6.75. The topological polar surface area (TPSA) is 15.3 Å². The highest BCUT2D eigenvalue weighted by atomic mass is 15.2. The third kappa shape index (κ3) is 3.07. The molecule has 110 valence electrons. The number of aryl methyl sites for hydroxylation is 1. The van der Waals surface area contributed by atoms with Gasteiger partial charge in [-0.2, -0.15) is 0 Å². The van der Waals surface area contributed by atoms with Crippen molar-refractivity contribution >= 4 is 0 Å². The highest BCUT2D eigenvalue weighted by Crippen LogP contribution is 2.26. The smallest absolute Gasteiger partial charge is 0.0195 e. The van der Waals surface area contributed by atoms with Crippen LogP contribution in [0.3, 0.4) is 0 Å². The molecule has 0 amide bonds. The van der Waals surface area contributed by atoms with Gasteiger partial charge in [-0.25, -0.2) is 0 Å². The molecule has 0 bridgehead atoms. The van der Waals surface area contributed by atoms with Gasteiger partial charge in [0.2, 0.25) is 0 Å². The van der Waals surface area contributed by atoms with Crippen molar-refractivity contribution < 1.29 is 0 Å². The van der Waals surface area contributed by atoms with Crippen molar-refractivity contribution in [2.24, 2.45) is 0 Å². The average molecular weight is 272 g/mol. The summed E-state index contributed by atoms with van der Waals surface area (Å²) in [5.41, 5.74) is 3.15. The molecule has 1 fully saturated rings. The summed E-state index contributed by atoms with van der Waals surface area (Å²) >= 11 is 0. The lowest BCUT2D eigenvalue weighted by Gasteiger charge is -2.39. The van der Waals surface area contributed by atoms with Gasteiger partial charge in [0.05, 0.1) is 0 Å². The Hall–Kier alpha value is -0.860. The van der Waals surface area contributed by atoms with E-state index in [-0.39, 0.29) is 0 Å². The van der Waals surface area contributed by atoms with Gasteiger partial charge in [-0.15, -0.1) is 0 Å². The third-order valence-corrected chi connectivity index (χ3v) is 5.05. The lowest BCUT2D eigenvalue weighted by molar-refractivity contribution is 0.127. The van der Waals surface area contributed by atoms with Gasteiger partial charge >= 0.3 is 0 Å². The highest BCUT2D eigenvalue weighted by Gasteiger charge is 2.28. The van der Waals surface area contributed by atoms with Crippen LogP contribution in [-0.4, -0.2) is 36.1 Å². The first-order valence-corrected chi connectivity index (χ1v) is 8.30. The molecule has 2 nitrogen and oxygen atoms in total. The fourth-order valence-electron chi connectivity index (χ4n) is 3.91. The first-order chi connectivity index (χ1) is 9.74. The normalized spacial score (nSPS) is 26.2. The standard InChI is InChI=1S/C18H28N2/c1-14(2)20(13-17-8-5-11-19-17)18-10-9-15-6-3-4-7-16(15)12-18/h3-4,6-7,14,17-19H,5,8-13H2,1-2H3.